The largest absolute Gasteiger partial charge is 0.573 e. The minimum atomic E-state index is -4.72. The molecule has 128 valence electrons. The van der Waals surface area contributed by atoms with Crippen LogP contribution in [0.4, 0.5) is 13.2 Å². The maximum absolute atomic E-state index is 12.5. The van der Waals surface area contributed by atoms with Crippen molar-refractivity contribution in [3.8, 4) is 5.75 Å². The van der Waals surface area contributed by atoms with Gasteiger partial charge in [-0.1, -0.05) is 24.6 Å². The first-order valence-electron chi connectivity index (χ1n) is 7.83. The van der Waals surface area contributed by atoms with E-state index in [9.17, 15) is 18.3 Å². The highest BCUT2D eigenvalue weighted by atomic mass is 19.4. The van der Waals surface area contributed by atoms with Gasteiger partial charge in [0.1, 0.15) is 5.75 Å². The molecule has 1 atom stereocenters. The molecule has 3 rings (SSSR count). The third kappa shape index (κ3) is 3.24. The van der Waals surface area contributed by atoms with Crippen LogP contribution in [0.15, 0.2) is 48.7 Å². The quantitative estimate of drug-likeness (QED) is 0.890. The Morgan fingerprint density at radius 3 is 2.50 bits per heavy atom. The van der Waals surface area contributed by atoms with Crippen molar-refractivity contribution in [1.82, 2.24) is 4.98 Å². The Labute approximate surface area is 138 Å². The van der Waals surface area contributed by atoms with Gasteiger partial charge in [-0.2, -0.15) is 0 Å². The standard InChI is InChI=1S/C18H18F3NO2/c19-18(20,21)24-14-6-3-5-13(11-14)17(8-4-9-17)15(12-23)16-7-1-2-10-22-16/h1-3,5-7,10-11,15,23H,4,8-9,12H2. The van der Waals surface area contributed by atoms with Crippen LogP contribution in [0.25, 0.3) is 0 Å². The Balaban J connectivity index is 1.97. The monoisotopic (exact) mass is 337 g/mol. The van der Waals surface area contributed by atoms with Gasteiger partial charge in [0.15, 0.2) is 0 Å². The molecule has 1 aliphatic rings. The highest BCUT2D eigenvalue weighted by Gasteiger charge is 2.46. The van der Waals surface area contributed by atoms with E-state index in [-0.39, 0.29) is 18.3 Å². The van der Waals surface area contributed by atoms with E-state index in [1.54, 1.807) is 24.4 Å². The lowest BCUT2D eigenvalue weighted by Crippen LogP contribution is -2.42. The normalized spacial score (nSPS) is 17.8. The fourth-order valence-electron chi connectivity index (χ4n) is 3.53. The molecule has 0 aliphatic heterocycles. The summed E-state index contributed by atoms with van der Waals surface area (Å²) in [5.74, 6) is -0.488. The zero-order valence-electron chi connectivity index (χ0n) is 13.0. The molecule has 0 bridgehead atoms. The van der Waals surface area contributed by atoms with Gasteiger partial charge in [0.05, 0.1) is 6.61 Å². The molecule has 6 heteroatoms. The van der Waals surface area contributed by atoms with E-state index in [0.29, 0.717) is 0 Å². The number of aliphatic hydroxyl groups is 1. The molecule has 1 unspecified atom stereocenters. The van der Waals surface area contributed by atoms with E-state index in [1.165, 1.54) is 12.1 Å². The molecule has 3 nitrogen and oxygen atoms in total. The van der Waals surface area contributed by atoms with Crippen molar-refractivity contribution in [3.05, 3.63) is 59.9 Å². The van der Waals surface area contributed by atoms with E-state index in [1.807, 2.05) is 12.1 Å². The number of hydrogen-bond donors (Lipinski definition) is 1. The Bertz CT molecular complexity index is 684. The van der Waals surface area contributed by atoms with Gasteiger partial charge in [-0.25, -0.2) is 0 Å². The summed E-state index contributed by atoms with van der Waals surface area (Å²) in [5.41, 5.74) is 1.09. The van der Waals surface area contributed by atoms with Gasteiger partial charge in [-0.05, 0) is 42.7 Å². The van der Waals surface area contributed by atoms with Gasteiger partial charge in [0.25, 0.3) is 0 Å². The lowest BCUT2D eigenvalue weighted by molar-refractivity contribution is -0.274. The molecule has 1 aliphatic carbocycles. The molecule has 1 heterocycles. The smallest absolute Gasteiger partial charge is 0.406 e. The summed E-state index contributed by atoms with van der Waals surface area (Å²) in [5, 5.41) is 9.95. The maximum atomic E-state index is 12.5. The first-order chi connectivity index (χ1) is 11.4. The third-order valence-corrected chi connectivity index (χ3v) is 4.78. The van der Waals surface area contributed by atoms with Crippen molar-refractivity contribution < 1.29 is 23.0 Å². The Kier molecular flexibility index (Phi) is 4.49. The average molecular weight is 337 g/mol. The summed E-state index contributed by atoms with van der Waals surface area (Å²) in [4.78, 5) is 4.33. The van der Waals surface area contributed by atoms with Crippen LogP contribution >= 0.6 is 0 Å². The van der Waals surface area contributed by atoms with Crippen LogP contribution in [0, 0.1) is 0 Å². The lowest BCUT2D eigenvalue weighted by Gasteiger charge is -2.47. The van der Waals surface area contributed by atoms with Crippen LogP contribution in [0.3, 0.4) is 0 Å². The van der Waals surface area contributed by atoms with Crippen molar-refractivity contribution in [3.63, 3.8) is 0 Å². The summed E-state index contributed by atoms with van der Waals surface area (Å²) in [6, 6.07) is 11.6. The lowest BCUT2D eigenvalue weighted by atomic mass is 9.57. The minimum Gasteiger partial charge on any atom is -0.406 e. The second-order valence-electron chi connectivity index (χ2n) is 6.08. The number of hydrogen-bond acceptors (Lipinski definition) is 3. The number of aromatic nitrogens is 1. The fourth-order valence-corrected chi connectivity index (χ4v) is 3.53. The van der Waals surface area contributed by atoms with E-state index in [2.05, 4.69) is 9.72 Å². The van der Waals surface area contributed by atoms with Crippen molar-refractivity contribution in [1.29, 1.82) is 0 Å². The maximum Gasteiger partial charge on any atom is 0.573 e. The molecule has 0 saturated heterocycles. The number of halogens is 3. The number of rotatable bonds is 5. The molecule has 24 heavy (non-hydrogen) atoms. The van der Waals surface area contributed by atoms with Gasteiger partial charge in [-0.15, -0.1) is 13.2 Å². The van der Waals surface area contributed by atoms with E-state index < -0.39 is 11.8 Å². The predicted octanol–water partition coefficient (Wildman–Crippen LogP) is 4.18. The molecule has 1 fully saturated rings. The summed E-state index contributed by atoms with van der Waals surface area (Å²) >= 11 is 0. The summed E-state index contributed by atoms with van der Waals surface area (Å²) in [7, 11) is 0. The van der Waals surface area contributed by atoms with Crippen LogP contribution in [0.2, 0.25) is 0 Å². The van der Waals surface area contributed by atoms with Crippen LogP contribution in [-0.4, -0.2) is 23.1 Å². The first kappa shape index (κ1) is 16.8. The number of ether oxygens (including phenoxy) is 1. The van der Waals surface area contributed by atoms with Crippen molar-refractivity contribution in [2.75, 3.05) is 6.61 Å². The van der Waals surface area contributed by atoms with Crippen molar-refractivity contribution >= 4 is 0 Å². The van der Waals surface area contributed by atoms with Crippen molar-refractivity contribution in [2.45, 2.75) is 37.0 Å². The summed E-state index contributed by atoms with van der Waals surface area (Å²) in [6.45, 7) is -0.110. The van der Waals surface area contributed by atoms with Crippen LogP contribution in [0.5, 0.6) is 5.75 Å². The molecule has 1 N–H and O–H groups in total. The van der Waals surface area contributed by atoms with Crippen LogP contribution in [0.1, 0.15) is 36.4 Å². The van der Waals surface area contributed by atoms with Crippen LogP contribution < -0.4 is 4.74 Å². The van der Waals surface area contributed by atoms with Gasteiger partial charge >= 0.3 is 6.36 Å². The predicted molar refractivity (Wildman–Crippen MR) is 82.7 cm³/mol. The van der Waals surface area contributed by atoms with E-state index in [0.717, 1.165) is 30.5 Å². The summed E-state index contributed by atoms with van der Waals surface area (Å²) < 4.78 is 41.5. The molecule has 0 amide bonds. The number of alkyl halides is 3. The third-order valence-electron chi connectivity index (χ3n) is 4.78. The number of nitrogens with zero attached hydrogens (tertiary/aromatic N) is 1. The second kappa shape index (κ2) is 6.43. The number of benzene rings is 1. The average Bonchev–Trinajstić information content (AvgIpc) is 2.50. The molecule has 1 saturated carbocycles. The zero-order chi connectivity index (χ0) is 17.2. The van der Waals surface area contributed by atoms with E-state index in [4.69, 9.17) is 0 Å². The zero-order valence-corrected chi connectivity index (χ0v) is 13.0. The molecule has 0 radical (unpaired) electrons. The first-order valence-corrected chi connectivity index (χ1v) is 7.83. The molecule has 1 aromatic heterocycles. The van der Waals surface area contributed by atoms with Gasteiger partial charge in [0.2, 0.25) is 0 Å². The number of aliphatic hydroxyl groups excluding tert-OH is 1. The Morgan fingerprint density at radius 1 is 1.17 bits per heavy atom. The SMILES string of the molecule is OCC(c1ccccn1)C1(c2cccc(OC(F)(F)F)c2)CCC1. The van der Waals surface area contributed by atoms with Gasteiger partial charge in [-0.3, -0.25) is 4.98 Å². The highest BCUT2D eigenvalue weighted by Crippen LogP contribution is 2.53. The summed E-state index contributed by atoms with van der Waals surface area (Å²) in [6.07, 6.45) is -0.501. The van der Waals surface area contributed by atoms with E-state index >= 15 is 0 Å². The fraction of sp³-hybridized carbons (Fsp3) is 0.389. The second-order valence-corrected chi connectivity index (χ2v) is 6.08. The topological polar surface area (TPSA) is 42.4 Å². The molecule has 1 aromatic carbocycles. The number of pyridine rings is 1. The Hall–Kier alpha value is -2.08. The van der Waals surface area contributed by atoms with Gasteiger partial charge in [0, 0.05) is 23.2 Å². The molecular weight excluding hydrogens is 319 g/mol. The highest BCUT2D eigenvalue weighted by molar-refractivity contribution is 5.39. The molecule has 2 aromatic rings. The minimum absolute atomic E-state index is 0.110. The molecule has 0 spiro atoms. The molecular formula is C18H18F3NO2. The Morgan fingerprint density at radius 2 is 1.96 bits per heavy atom. The van der Waals surface area contributed by atoms with Crippen molar-refractivity contribution in [2.24, 2.45) is 0 Å². The van der Waals surface area contributed by atoms with Gasteiger partial charge < -0.3 is 9.84 Å². The van der Waals surface area contributed by atoms with Crippen LogP contribution in [-0.2, 0) is 5.41 Å².